The highest BCUT2D eigenvalue weighted by atomic mass is 35.5. The number of rotatable bonds is 5. The van der Waals surface area contributed by atoms with Gasteiger partial charge in [-0.15, -0.1) is 0 Å². The first-order valence-corrected chi connectivity index (χ1v) is 9.26. The number of halogens is 5. The number of anilines is 1. The number of ether oxygens (including phenoxy) is 1. The molecule has 0 fully saturated rings. The van der Waals surface area contributed by atoms with Crippen molar-refractivity contribution in [2.24, 2.45) is 5.73 Å². The summed E-state index contributed by atoms with van der Waals surface area (Å²) in [5.41, 5.74) is 3.29. The van der Waals surface area contributed by atoms with Gasteiger partial charge in [0.1, 0.15) is 23.0 Å². The number of nitrogens with two attached hydrogens (primary N) is 1. The van der Waals surface area contributed by atoms with Crippen molar-refractivity contribution in [2.75, 3.05) is 5.32 Å². The topological polar surface area (TPSA) is 94.3 Å². The Bertz CT molecular complexity index is 1200. The number of nitrogens with one attached hydrogen (secondary N) is 1. The first-order valence-electron chi connectivity index (χ1n) is 8.88. The van der Waals surface area contributed by atoms with Gasteiger partial charge >= 0.3 is 6.18 Å². The van der Waals surface area contributed by atoms with Crippen LogP contribution < -0.4 is 15.8 Å². The highest BCUT2D eigenvalue weighted by Crippen LogP contribution is 2.39. The molecule has 0 aliphatic rings. The van der Waals surface area contributed by atoms with E-state index in [1.54, 1.807) is 0 Å². The number of carbonyl (C=O) groups excluding carboxylic acids is 2. The van der Waals surface area contributed by atoms with E-state index in [9.17, 15) is 27.2 Å². The number of alkyl halides is 3. The van der Waals surface area contributed by atoms with Gasteiger partial charge in [-0.3, -0.25) is 9.59 Å². The molecule has 166 valence electrons. The van der Waals surface area contributed by atoms with Crippen molar-refractivity contribution in [1.29, 1.82) is 0 Å². The Hall–Kier alpha value is -3.66. The second kappa shape index (κ2) is 8.83. The third kappa shape index (κ3) is 4.97. The summed E-state index contributed by atoms with van der Waals surface area (Å²) >= 11 is 5.93. The molecule has 0 bridgehead atoms. The van der Waals surface area contributed by atoms with Gasteiger partial charge in [0.05, 0.1) is 28.0 Å². The predicted octanol–water partition coefficient (Wildman–Crippen LogP) is 5.34. The van der Waals surface area contributed by atoms with E-state index in [0.29, 0.717) is 0 Å². The van der Waals surface area contributed by atoms with Crippen LogP contribution in [-0.4, -0.2) is 16.8 Å². The van der Waals surface area contributed by atoms with Gasteiger partial charge in [0.25, 0.3) is 11.8 Å². The standard InChI is InChI=1S/C21H14ClF4N3O3/c1-10-13(21(24,25)26)4-7-17(32-16-6-2-11(23)8-14(16)22)18(10)20(31)29-12-3-5-15(19(27)30)28-9-12/h2-9H,1H3,(H2,27,30)(H,29,31). The Labute approximate surface area is 184 Å². The Morgan fingerprint density at radius 2 is 1.78 bits per heavy atom. The molecule has 32 heavy (non-hydrogen) atoms. The molecule has 0 atom stereocenters. The normalized spacial score (nSPS) is 11.2. The van der Waals surface area contributed by atoms with Crippen LogP contribution in [0.1, 0.15) is 32.0 Å². The van der Waals surface area contributed by atoms with Crippen molar-refractivity contribution in [3.63, 3.8) is 0 Å². The number of aromatic nitrogens is 1. The van der Waals surface area contributed by atoms with Crippen LogP contribution in [0.15, 0.2) is 48.7 Å². The van der Waals surface area contributed by atoms with Crippen LogP contribution in [-0.2, 0) is 6.18 Å². The summed E-state index contributed by atoms with van der Waals surface area (Å²) in [6.07, 6.45) is -3.60. The number of pyridine rings is 1. The zero-order valence-electron chi connectivity index (χ0n) is 16.3. The number of benzene rings is 2. The summed E-state index contributed by atoms with van der Waals surface area (Å²) in [7, 11) is 0. The molecular weight excluding hydrogens is 454 g/mol. The van der Waals surface area contributed by atoms with Gasteiger partial charge in [-0.05, 0) is 55.0 Å². The zero-order valence-corrected chi connectivity index (χ0v) is 17.0. The lowest BCUT2D eigenvalue weighted by atomic mass is 10.00. The summed E-state index contributed by atoms with van der Waals surface area (Å²) in [5, 5.41) is 2.26. The molecule has 1 heterocycles. The minimum Gasteiger partial charge on any atom is -0.455 e. The van der Waals surface area contributed by atoms with Gasteiger partial charge in [-0.2, -0.15) is 13.2 Å². The van der Waals surface area contributed by atoms with Crippen molar-refractivity contribution < 1.29 is 31.9 Å². The van der Waals surface area contributed by atoms with E-state index in [2.05, 4.69) is 10.3 Å². The number of nitrogens with zero attached hydrogens (tertiary/aromatic N) is 1. The van der Waals surface area contributed by atoms with Crippen LogP contribution >= 0.6 is 11.6 Å². The quantitative estimate of drug-likeness (QED) is 0.495. The molecule has 2 aromatic carbocycles. The molecular formula is C21H14ClF4N3O3. The predicted molar refractivity (Wildman–Crippen MR) is 108 cm³/mol. The lowest BCUT2D eigenvalue weighted by Gasteiger charge is -2.18. The number of hydrogen-bond donors (Lipinski definition) is 2. The summed E-state index contributed by atoms with van der Waals surface area (Å²) in [4.78, 5) is 27.8. The van der Waals surface area contributed by atoms with Crippen LogP contribution in [0.3, 0.4) is 0 Å². The van der Waals surface area contributed by atoms with Crippen LogP contribution in [0.5, 0.6) is 11.5 Å². The van der Waals surface area contributed by atoms with Crippen LogP contribution in [0, 0.1) is 12.7 Å². The average molecular weight is 468 g/mol. The Balaban J connectivity index is 2.03. The minimum atomic E-state index is -4.73. The van der Waals surface area contributed by atoms with Crippen LogP contribution in [0.2, 0.25) is 5.02 Å². The van der Waals surface area contributed by atoms with E-state index in [1.807, 2.05) is 0 Å². The Morgan fingerprint density at radius 3 is 2.34 bits per heavy atom. The van der Waals surface area contributed by atoms with E-state index in [-0.39, 0.29) is 27.9 Å². The average Bonchev–Trinajstić information content (AvgIpc) is 2.69. The SMILES string of the molecule is Cc1c(C(F)(F)F)ccc(Oc2ccc(F)cc2Cl)c1C(=O)Nc1ccc(C(N)=O)nc1. The van der Waals surface area contributed by atoms with E-state index in [4.69, 9.17) is 22.1 Å². The molecule has 0 aliphatic heterocycles. The molecule has 1 aromatic heterocycles. The van der Waals surface area contributed by atoms with Gasteiger partial charge in [-0.1, -0.05) is 11.6 Å². The number of primary amides is 1. The van der Waals surface area contributed by atoms with Crippen molar-refractivity contribution >= 4 is 29.1 Å². The lowest BCUT2D eigenvalue weighted by molar-refractivity contribution is -0.138. The van der Waals surface area contributed by atoms with Crippen molar-refractivity contribution in [2.45, 2.75) is 13.1 Å². The number of amides is 2. The van der Waals surface area contributed by atoms with E-state index < -0.39 is 40.5 Å². The van der Waals surface area contributed by atoms with Crippen LogP contribution in [0.25, 0.3) is 0 Å². The number of hydrogen-bond acceptors (Lipinski definition) is 4. The lowest BCUT2D eigenvalue weighted by Crippen LogP contribution is -2.18. The maximum atomic E-state index is 13.4. The van der Waals surface area contributed by atoms with Gasteiger partial charge in [0, 0.05) is 0 Å². The second-order valence-electron chi connectivity index (χ2n) is 6.54. The molecule has 0 radical (unpaired) electrons. The molecule has 0 aliphatic carbocycles. The first-order chi connectivity index (χ1) is 15.0. The van der Waals surface area contributed by atoms with Gasteiger partial charge in [0.15, 0.2) is 0 Å². The Kier molecular flexibility index (Phi) is 6.35. The Morgan fingerprint density at radius 1 is 1.09 bits per heavy atom. The van der Waals surface area contributed by atoms with E-state index >= 15 is 0 Å². The van der Waals surface area contributed by atoms with E-state index in [1.165, 1.54) is 18.2 Å². The maximum Gasteiger partial charge on any atom is 0.416 e. The molecule has 3 aromatic rings. The summed E-state index contributed by atoms with van der Waals surface area (Å²) in [6.45, 7) is 1.12. The summed E-state index contributed by atoms with van der Waals surface area (Å²) < 4.78 is 59.1. The molecule has 0 saturated heterocycles. The second-order valence-corrected chi connectivity index (χ2v) is 6.94. The fourth-order valence-corrected chi connectivity index (χ4v) is 3.05. The van der Waals surface area contributed by atoms with E-state index in [0.717, 1.165) is 37.4 Å². The molecule has 0 saturated carbocycles. The fraction of sp³-hybridized carbons (Fsp3) is 0.0952. The highest BCUT2D eigenvalue weighted by Gasteiger charge is 2.35. The molecule has 2 amide bonds. The maximum absolute atomic E-state index is 13.4. The highest BCUT2D eigenvalue weighted by molar-refractivity contribution is 6.32. The molecule has 3 rings (SSSR count). The largest absolute Gasteiger partial charge is 0.455 e. The van der Waals surface area contributed by atoms with Gasteiger partial charge in [-0.25, -0.2) is 9.37 Å². The third-order valence-corrected chi connectivity index (χ3v) is 4.64. The molecule has 0 unspecified atom stereocenters. The molecule has 3 N–H and O–H groups in total. The molecule has 0 spiro atoms. The number of carbonyl (C=O) groups is 2. The first kappa shape index (κ1) is 23.0. The smallest absolute Gasteiger partial charge is 0.416 e. The fourth-order valence-electron chi connectivity index (χ4n) is 2.84. The minimum absolute atomic E-state index is 0.0613. The third-order valence-electron chi connectivity index (χ3n) is 4.35. The van der Waals surface area contributed by atoms with Gasteiger partial charge in [0.2, 0.25) is 0 Å². The van der Waals surface area contributed by atoms with Crippen LogP contribution in [0.4, 0.5) is 23.2 Å². The van der Waals surface area contributed by atoms with Crippen molar-refractivity contribution in [3.8, 4) is 11.5 Å². The molecule has 11 heteroatoms. The summed E-state index contributed by atoms with van der Waals surface area (Å²) in [6, 6.07) is 7.47. The monoisotopic (exact) mass is 467 g/mol. The molecule has 6 nitrogen and oxygen atoms in total. The zero-order chi connectivity index (χ0) is 23.6. The van der Waals surface area contributed by atoms with Gasteiger partial charge < -0.3 is 15.8 Å². The van der Waals surface area contributed by atoms with Crippen molar-refractivity contribution in [1.82, 2.24) is 4.98 Å². The summed E-state index contributed by atoms with van der Waals surface area (Å²) in [5.74, 6) is -2.66. The van der Waals surface area contributed by atoms with Crippen molar-refractivity contribution in [3.05, 3.63) is 81.9 Å².